The number of nitrogens with zero attached hydrogens (tertiary/aromatic N) is 3. The van der Waals surface area contributed by atoms with Gasteiger partial charge in [0.2, 0.25) is 5.17 Å². The third-order valence-electron chi connectivity index (χ3n) is 4.82. The van der Waals surface area contributed by atoms with Crippen molar-refractivity contribution in [3.05, 3.63) is 63.9 Å². The standard InChI is InChI=1S/C23H20ClFN4O3S/c1-12(2)22-28-29-20(26)16(21(30)27-23(29)33-22)8-14-9-17(24)19(18(10-14)31-3)32-11-13-4-6-15(25)7-5-13/h4-10,12,26H,11H2,1-3H3. The molecule has 1 amide bonds. The molecule has 0 saturated heterocycles. The van der Waals surface area contributed by atoms with Crippen LogP contribution in [0.4, 0.5) is 4.39 Å². The average molecular weight is 487 g/mol. The van der Waals surface area contributed by atoms with E-state index in [2.05, 4.69) is 10.1 Å². The first kappa shape index (κ1) is 23.0. The van der Waals surface area contributed by atoms with Gasteiger partial charge in [-0.2, -0.15) is 15.1 Å². The Labute approximate surface area is 199 Å². The fourth-order valence-corrected chi connectivity index (χ4v) is 4.27. The Hall–Kier alpha value is -3.17. The molecule has 1 N–H and O–H groups in total. The molecule has 0 radical (unpaired) electrons. The lowest BCUT2D eigenvalue weighted by atomic mass is 10.1. The van der Waals surface area contributed by atoms with Crippen molar-refractivity contribution in [2.75, 3.05) is 7.11 Å². The Balaban J connectivity index is 1.60. The highest BCUT2D eigenvalue weighted by Gasteiger charge is 2.36. The van der Waals surface area contributed by atoms with Crippen LogP contribution in [0.15, 0.2) is 52.1 Å². The number of amides is 1. The van der Waals surface area contributed by atoms with Crippen molar-refractivity contribution in [3.8, 4) is 11.5 Å². The number of methoxy groups -OCH3 is 1. The molecule has 0 saturated carbocycles. The van der Waals surface area contributed by atoms with Crippen LogP contribution in [0.2, 0.25) is 5.02 Å². The highest BCUT2D eigenvalue weighted by Crippen LogP contribution is 2.38. The van der Waals surface area contributed by atoms with Gasteiger partial charge in [0.25, 0.3) is 5.91 Å². The van der Waals surface area contributed by atoms with E-state index in [9.17, 15) is 9.18 Å². The van der Waals surface area contributed by atoms with Gasteiger partial charge in [-0.25, -0.2) is 4.39 Å². The van der Waals surface area contributed by atoms with Gasteiger partial charge in [0.15, 0.2) is 17.3 Å². The number of hydrogen-bond donors (Lipinski definition) is 1. The average Bonchev–Trinajstić information content (AvgIpc) is 3.21. The maximum absolute atomic E-state index is 13.1. The van der Waals surface area contributed by atoms with Crippen molar-refractivity contribution in [2.45, 2.75) is 20.5 Å². The van der Waals surface area contributed by atoms with Crippen LogP contribution in [0, 0.1) is 17.1 Å². The molecule has 2 aromatic rings. The van der Waals surface area contributed by atoms with Crippen molar-refractivity contribution in [3.63, 3.8) is 0 Å². The molecule has 2 aromatic carbocycles. The Morgan fingerprint density at radius 1 is 1.27 bits per heavy atom. The third kappa shape index (κ3) is 4.79. The second kappa shape index (κ2) is 9.36. The predicted molar refractivity (Wildman–Crippen MR) is 129 cm³/mol. The van der Waals surface area contributed by atoms with Crippen LogP contribution < -0.4 is 9.47 Å². The van der Waals surface area contributed by atoms with Crippen LogP contribution >= 0.6 is 23.4 Å². The number of halogens is 2. The van der Waals surface area contributed by atoms with E-state index in [4.69, 9.17) is 26.5 Å². The molecular formula is C23H20ClFN4O3S. The first-order valence-electron chi connectivity index (χ1n) is 10.0. The Bertz CT molecular complexity index is 1220. The third-order valence-corrected chi connectivity index (χ3v) is 6.31. The lowest BCUT2D eigenvalue weighted by Crippen LogP contribution is -2.35. The van der Waals surface area contributed by atoms with Gasteiger partial charge in [-0.15, -0.1) is 0 Å². The van der Waals surface area contributed by atoms with E-state index in [0.29, 0.717) is 22.2 Å². The molecule has 33 heavy (non-hydrogen) atoms. The fourth-order valence-electron chi connectivity index (χ4n) is 3.11. The van der Waals surface area contributed by atoms with Gasteiger partial charge >= 0.3 is 0 Å². The van der Waals surface area contributed by atoms with E-state index in [-0.39, 0.29) is 34.8 Å². The first-order chi connectivity index (χ1) is 15.8. The molecule has 4 rings (SSSR count). The molecule has 0 spiro atoms. The van der Waals surface area contributed by atoms with Crippen LogP contribution in [0.25, 0.3) is 6.08 Å². The van der Waals surface area contributed by atoms with Gasteiger partial charge in [0.05, 0.1) is 17.7 Å². The first-order valence-corrected chi connectivity index (χ1v) is 11.2. The summed E-state index contributed by atoms with van der Waals surface area (Å²) in [6.45, 7) is 4.14. The minimum Gasteiger partial charge on any atom is -0.493 e. The summed E-state index contributed by atoms with van der Waals surface area (Å²) in [7, 11) is 1.47. The number of carbonyl (C=O) groups excluding carboxylic acids is 1. The van der Waals surface area contributed by atoms with Crippen LogP contribution in [0.1, 0.15) is 25.0 Å². The zero-order valence-electron chi connectivity index (χ0n) is 18.1. The minimum absolute atomic E-state index is 0.0557. The van der Waals surface area contributed by atoms with E-state index < -0.39 is 5.91 Å². The maximum Gasteiger partial charge on any atom is 0.283 e. The SMILES string of the molecule is COc1cc(C=C2C(=N)N3N=C(C(C)C)SC3=NC2=O)cc(Cl)c1OCc1ccc(F)cc1. The molecule has 170 valence electrons. The van der Waals surface area contributed by atoms with E-state index in [1.165, 1.54) is 42.1 Å². The number of hydrogen-bond acceptors (Lipinski definition) is 6. The summed E-state index contributed by atoms with van der Waals surface area (Å²) < 4.78 is 24.3. The van der Waals surface area contributed by atoms with Gasteiger partial charge in [-0.1, -0.05) is 37.6 Å². The molecule has 0 fully saturated rings. The topological polar surface area (TPSA) is 87.3 Å². The zero-order valence-corrected chi connectivity index (χ0v) is 19.6. The number of hydrazone groups is 1. The van der Waals surface area contributed by atoms with Gasteiger partial charge in [-0.3, -0.25) is 10.2 Å². The number of aliphatic imine (C=N–C) groups is 1. The minimum atomic E-state index is -0.523. The maximum atomic E-state index is 13.1. The largest absolute Gasteiger partial charge is 0.493 e. The summed E-state index contributed by atoms with van der Waals surface area (Å²) in [5.41, 5.74) is 1.39. The summed E-state index contributed by atoms with van der Waals surface area (Å²) >= 11 is 7.73. The van der Waals surface area contributed by atoms with E-state index in [1.54, 1.807) is 24.3 Å². The van der Waals surface area contributed by atoms with Gasteiger partial charge in [0.1, 0.15) is 17.5 Å². The Morgan fingerprint density at radius 2 is 2.00 bits per heavy atom. The molecule has 7 nitrogen and oxygen atoms in total. The summed E-state index contributed by atoms with van der Waals surface area (Å²) in [6, 6.07) is 9.20. The molecule has 0 bridgehead atoms. The predicted octanol–water partition coefficient (Wildman–Crippen LogP) is 5.34. The van der Waals surface area contributed by atoms with Crippen LogP contribution in [0.5, 0.6) is 11.5 Å². The van der Waals surface area contributed by atoms with E-state index in [0.717, 1.165) is 10.6 Å². The summed E-state index contributed by atoms with van der Waals surface area (Å²) in [6.07, 6.45) is 1.52. The van der Waals surface area contributed by atoms with Crippen LogP contribution in [-0.2, 0) is 11.4 Å². The lowest BCUT2D eigenvalue weighted by Gasteiger charge is -2.20. The summed E-state index contributed by atoms with van der Waals surface area (Å²) in [4.78, 5) is 16.7. The molecule has 0 aromatic heterocycles. The van der Waals surface area contributed by atoms with Crippen LogP contribution in [-0.4, -0.2) is 34.1 Å². The summed E-state index contributed by atoms with van der Waals surface area (Å²) in [5, 5.41) is 15.7. The normalized spacial score (nSPS) is 16.8. The number of benzene rings is 2. The van der Waals surface area contributed by atoms with Gasteiger partial charge < -0.3 is 9.47 Å². The number of fused-ring (bicyclic) bond motifs is 1. The quantitative estimate of drug-likeness (QED) is 0.557. The monoisotopic (exact) mass is 486 g/mol. The molecule has 0 aliphatic carbocycles. The molecule has 2 heterocycles. The number of rotatable bonds is 6. The number of amidine groups is 2. The van der Waals surface area contributed by atoms with Crippen molar-refractivity contribution in [1.29, 1.82) is 5.41 Å². The molecular weight excluding hydrogens is 467 g/mol. The second-order valence-corrected chi connectivity index (χ2v) is 8.96. The van der Waals surface area contributed by atoms with Gasteiger partial charge in [0, 0.05) is 5.92 Å². The molecule has 10 heteroatoms. The van der Waals surface area contributed by atoms with Crippen molar-refractivity contribution in [1.82, 2.24) is 5.01 Å². The molecule has 0 unspecified atom stereocenters. The second-order valence-electron chi connectivity index (χ2n) is 7.56. The number of carbonyl (C=O) groups is 1. The Kier molecular flexibility index (Phi) is 6.53. The smallest absolute Gasteiger partial charge is 0.283 e. The van der Waals surface area contributed by atoms with Crippen molar-refractivity contribution in [2.24, 2.45) is 16.0 Å². The number of thioether (sulfide) groups is 1. The number of nitrogens with one attached hydrogen (secondary N) is 1. The highest BCUT2D eigenvalue weighted by molar-refractivity contribution is 8.27. The van der Waals surface area contributed by atoms with Crippen LogP contribution in [0.3, 0.4) is 0 Å². The number of ether oxygens (including phenoxy) is 2. The molecule has 2 aliphatic heterocycles. The van der Waals surface area contributed by atoms with Gasteiger partial charge in [-0.05, 0) is 53.2 Å². The van der Waals surface area contributed by atoms with Crippen molar-refractivity contribution < 1.29 is 18.7 Å². The highest BCUT2D eigenvalue weighted by atomic mass is 35.5. The molecule has 2 aliphatic rings. The lowest BCUT2D eigenvalue weighted by molar-refractivity contribution is -0.114. The summed E-state index contributed by atoms with van der Waals surface area (Å²) in [5.74, 6) is -0.0789. The van der Waals surface area contributed by atoms with Crippen molar-refractivity contribution >= 4 is 51.4 Å². The molecule has 0 atom stereocenters. The zero-order chi connectivity index (χ0) is 23.7. The fraction of sp³-hybridized carbons (Fsp3) is 0.217. The van der Waals surface area contributed by atoms with E-state index in [1.807, 2.05) is 13.8 Å². The van der Waals surface area contributed by atoms with E-state index >= 15 is 0 Å². The Morgan fingerprint density at radius 3 is 2.67 bits per heavy atom.